The lowest BCUT2D eigenvalue weighted by atomic mass is 10.2. The van der Waals surface area contributed by atoms with Crippen molar-refractivity contribution in [2.24, 2.45) is 0 Å². The molecule has 0 fully saturated rings. The molecule has 0 aliphatic heterocycles. The molecule has 0 bridgehead atoms. The Kier molecular flexibility index (Phi) is 5.64. The quantitative estimate of drug-likeness (QED) is 0.838. The van der Waals surface area contributed by atoms with E-state index in [9.17, 15) is 4.79 Å². The third kappa shape index (κ3) is 3.81. The van der Waals surface area contributed by atoms with Gasteiger partial charge in [0.15, 0.2) is 0 Å². The molecule has 1 unspecified atom stereocenters. The van der Waals surface area contributed by atoms with Crippen LogP contribution in [0.3, 0.4) is 0 Å². The minimum Gasteiger partial charge on any atom is -0.396 e. The highest BCUT2D eigenvalue weighted by molar-refractivity contribution is 9.10. The summed E-state index contributed by atoms with van der Waals surface area (Å²) in [5.74, 6) is 0. The van der Waals surface area contributed by atoms with Crippen LogP contribution in [0.2, 0.25) is 0 Å². The van der Waals surface area contributed by atoms with Gasteiger partial charge in [-0.3, -0.25) is 4.79 Å². The molecule has 0 spiro atoms. The maximum Gasteiger partial charge on any atom is 0.283 e. The lowest BCUT2D eigenvalue weighted by molar-refractivity contribution is 0.282. The second-order valence-corrected chi connectivity index (χ2v) is 4.70. The van der Waals surface area contributed by atoms with E-state index in [0.717, 1.165) is 12.8 Å². The molecule has 0 saturated heterocycles. The van der Waals surface area contributed by atoms with Crippen molar-refractivity contribution in [1.82, 2.24) is 9.78 Å². The van der Waals surface area contributed by atoms with Gasteiger partial charge in [-0.2, -0.15) is 5.10 Å². The molecule has 0 saturated carbocycles. The van der Waals surface area contributed by atoms with Crippen LogP contribution in [0, 0.1) is 0 Å². The number of aromatic nitrogens is 2. The molecule has 1 aromatic heterocycles. The molecule has 1 heterocycles. The first-order valence-corrected chi connectivity index (χ1v) is 6.52. The van der Waals surface area contributed by atoms with Crippen LogP contribution >= 0.6 is 15.9 Å². The van der Waals surface area contributed by atoms with Gasteiger partial charge in [0.25, 0.3) is 5.56 Å². The molecule has 1 aromatic rings. The molecule has 1 rings (SSSR count). The van der Waals surface area contributed by atoms with Crippen LogP contribution in [0.5, 0.6) is 0 Å². The highest BCUT2D eigenvalue weighted by atomic mass is 79.9. The van der Waals surface area contributed by atoms with Crippen molar-refractivity contribution in [3.8, 4) is 0 Å². The lowest BCUT2D eigenvalue weighted by Crippen LogP contribution is -2.25. The topological polar surface area (TPSA) is 67.2 Å². The fourth-order valence-electron chi connectivity index (χ4n) is 1.53. The zero-order valence-corrected chi connectivity index (χ0v) is 11.7. The number of hydrogen-bond donors (Lipinski definition) is 2. The third-order valence-electron chi connectivity index (χ3n) is 2.48. The van der Waals surface area contributed by atoms with E-state index >= 15 is 0 Å². The molecule has 1 atom stereocenters. The van der Waals surface area contributed by atoms with Gasteiger partial charge in [0.1, 0.15) is 4.47 Å². The van der Waals surface area contributed by atoms with Crippen molar-refractivity contribution < 1.29 is 5.11 Å². The number of aryl methyl sites for hydroxylation is 1. The summed E-state index contributed by atoms with van der Waals surface area (Å²) in [6.45, 7) is 4.62. The van der Waals surface area contributed by atoms with E-state index < -0.39 is 0 Å². The second kappa shape index (κ2) is 6.76. The van der Waals surface area contributed by atoms with Crippen LogP contribution in [0.25, 0.3) is 0 Å². The van der Waals surface area contributed by atoms with Crippen LogP contribution in [0.15, 0.2) is 15.5 Å². The molecule has 0 aliphatic carbocycles. The number of anilines is 1. The Morgan fingerprint density at radius 2 is 2.35 bits per heavy atom. The first-order chi connectivity index (χ1) is 8.10. The van der Waals surface area contributed by atoms with E-state index in [1.54, 1.807) is 6.20 Å². The molecule has 17 heavy (non-hydrogen) atoms. The lowest BCUT2D eigenvalue weighted by Gasteiger charge is -2.15. The normalized spacial score (nSPS) is 12.5. The maximum atomic E-state index is 11.8. The average Bonchev–Trinajstić information content (AvgIpc) is 2.33. The van der Waals surface area contributed by atoms with Crippen molar-refractivity contribution in [3.05, 3.63) is 21.0 Å². The predicted molar refractivity (Wildman–Crippen MR) is 71.3 cm³/mol. The Morgan fingerprint density at radius 1 is 1.65 bits per heavy atom. The fourth-order valence-corrected chi connectivity index (χ4v) is 1.95. The Labute approximate surface area is 109 Å². The van der Waals surface area contributed by atoms with Gasteiger partial charge in [-0.25, -0.2) is 4.68 Å². The van der Waals surface area contributed by atoms with Crippen LogP contribution in [0.4, 0.5) is 5.69 Å². The third-order valence-corrected chi connectivity index (χ3v) is 3.25. The fraction of sp³-hybridized carbons (Fsp3) is 0.636. The maximum absolute atomic E-state index is 11.8. The van der Waals surface area contributed by atoms with E-state index in [-0.39, 0.29) is 18.2 Å². The predicted octanol–water partition coefficient (Wildman–Crippen LogP) is 1.60. The molecule has 6 heteroatoms. The van der Waals surface area contributed by atoms with Crippen molar-refractivity contribution in [1.29, 1.82) is 0 Å². The number of aliphatic hydroxyl groups excluding tert-OH is 1. The van der Waals surface area contributed by atoms with E-state index in [1.807, 2.05) is 13.8 Å². The van der Waals surface area contributed by atoms with Gasteiger partial charge in [0, 0.05) is 19.2 Å². The van der Waals surface area contributed by atoms with Crippen LogP contribution in [-0.2, 0) is 6.54 Å². The summed E-state index contributed by atoms with van der Waals surface area (Å²) < 4.78 is 1.90. The number of nitrogens with one attached hydrogen (secondary N) is 1. The molecule has 0 radical (unpaired) electrons. The summed E-state index contributed by atoms with van der Waals surface area (Å²) in [6, 6.07) is 0.192. The van der Waals surface area contributed by atoms with Crippen molar-refractivity contribution in [3.63, 3.8) is 0 Å². The molecule has 0 aliphatic rings. The summed E-state index contributed by atoms with van der Waals surface area (Å²) in [7, 11) is 0. The number of nitrogens with zero attached hydrogens (tertiary/aromatic N) is 2. The highest BCUT2D eigenvalue weighted by Crippen LogP contribution is 2.18. The van der Waals surface area contributed by atoms with Crippen LogP contribution < -0.4 is 10.9 Å². The SMILES string of the molecule is CCn1ncc(NC(C)CCCO)c(Br)c1=O. The number of hydrogen-bond acceptors (Lipinski definition) is 4. The summed E-state index contributed by atoms with van der Waals surface area (Å²) in [4.78, 5) is 11.8. The van der Waals surface area contributed by atoms with Crippen molar-refractivity contribution in [2.45, 2.75) is 39.3 Å². The molecule has 5 nitrogen and oxygen atoms in total. The van der Waals surface area contributed by atoms with Gasteiger partial charge in [-0.05, 0) is 42.6 Å². The summed E-state index contributed by atoms with van der Waals surface area (Å²) in [6.07, 6.45) is 3.23. The average molecular weight is 304 g/mol. The zero-order chi connectivity index (χ0) is 12.8. The van der Waals surface area contributed by atoms with Gasteiger partial charge < -0.3 is 10.4 Å². The van der Waals surface area contributed by atoms with E-state index in [2.05, 4.69) is 26.3 Å². The summed E-state index contributed by atoms with van der Waals surface area (Å²) in [5, 5.41) is 16.0. The second-order valence-electron chi connectivity index (χ2n) is 3.90. The Hall–Kier alpha value is -0.880. The van der Waals surface area contributed by atoms with E-state index in [1.165, 1.54) is 4.68 Å². The van der Waals surface area contributed by atoms with Crippen molar-refractivity contribution in [2.75, 3.05) is 11.9 Å². The molecule has 0 aromatic carbocycles. The van der Waals surface area contributed by atoms with E-state index in [4.69, 9.17) is 5.11 Å². The molecule has 2 N–H and O–H groups in total. The Morgan fingerprint density at radius 3 is 2.94 bits per heavy atom. The minimum atomic E-state index is -0.133. The largest absolute Gasteiger partial charge is 0.396 e. The molecular formula is C11H18BrN3O2. The molecule has 96 valence electrons. The molecule has 0 amide bonds. The van der Waals surface area contributed by atoms with Crippen molar-refractivity contribution >= 4 is 21.6 Å². The zero-order valence-electron chi connectivity index (χ0n) is 10.1. The van der Waals surface area contributed by atoms with Gasteiger partial charge in [0.05, 0.1) is 11.9 Å². The Bertz CT molecular complexity index is 420. The summed E-state index contributed by atoms with van der Waals surface area (Å²) >= 11 is 3.28. The standard InChI is InChI=1S/C11H18BrN3O2/c1-3-15-11(17)10(12)9(7-13-15)14-8(2)5-4-6-16/h7-8,14,16H,3-6H2,1-2H3. The molecular weight excluding hydrogens is 286 g/mol. The van der Waals surface area contributed by atoms with Gasteiger partial charge in [0.2, 0.25) is 0 Å². The first-order valence-electron chi connectivity index (χ1n) is 5.73. The Balaban J connectivity index is 2.79. The first kappa shape index (κ1) is 14.2. The minimum absolute atomic E-state index is 0.133. The highest BCUT2D eigenvalue weighted by Gasteiger charge is 2.10. The van der Waals surface area contributed by atoms with Gasteiger partial charge in [-0.1, -0.05) is 0 Å². The van der Waals surface area contributed by atoms with Crippen LogP contribution in [-0.4, -0.2) is 27.5 Å². The van der Waals surface area contributed by atoms with Gasteiger partial charge >= 0.3 is 0 Å². The van der Waals surface area contributed by atoms with E-state index in [0.29, 0.717) is 16.7 Å². The number of aliphatic hydroxyl groups is 1. The number of halogens is 1. The van der Waals surface area contributed by atoms with Crippen LogP contribution in [0.1, 0.15) is 26.7 Å². The number of rotatable bonds is 6. The summed E-state index contributed by atoms with van der Waals surface area (Å²) in [5.41, 5.74) is 0.567. The monoisotopic (exact) mass is 303 g/mol. The van der Waals surface area contributed by atoms with Gasteiger partial charge in [-0.15, -0.1) is 0 Å². The smallest absolute Gasteiger partial charge is 0.283 e.